The molecule has 118 valence electrons. The lowest BCUT2D eigenvalue weighted by Crippen LogP contribution is -2.31. The Balaban J connectivity index is 1.92. The van der Waals surface area contributed by atoms with E-state index in [0.29, 0.717) is 28.7 Å². The summed E-state index contributed by atoms with van der Waals surface area (Å²) in [5.74, 6) is 0.384. The molecule has 2 heterocycles. The van der Waals surface area contributed by atoms with Crippen LogP contribution in [0.25, 0.3) is 0 Å². The summed E-state index contributed by atoms with van der Waals surface area (Å²) in [5.41, 5.74) is 2.29. The van der Waals surface area contributed by atoms with Crippen LogP contribution in [-0.2, 0) is 4.79 Å². The predicted octanol–water partition coefficient (Wildman–Crippen LogP) is 3.16. The molecule has 0 unspecified atom stereocenters. The Morgan fingerprint density at radius 1 is 1.39 bits per heavy atom. The molecule has 4 rings (SSSR count). The van der Waals surface area contributed by atoms with Crippen LogP contribution in [0.4, 0.5) is 10.3 Å². The number of allylic oxidation sites excluding steroid dienone is 2. The molecule has 0 saturated heterocycles. The van der Waals surface area contributed by atoms with Crippen molar-refractivity contribution in [2.45, 2.75) is 30.5 Å². The summed E-state index contributed by atoms with van der Waals surface area (Å²) >= 11 is 1.44. The van der Waals surface area contributed by atoms with Gasteiger partial charge in [-0.1, -0.05) is 23.9 Å². The fourth-order valence-electron chi connectivity index (χ4n) is 3.21. The maximum Gasteiger partial charge on any atom is 0.227 e. The van der Waals surface area contributed by atoms with Gasteiger partial charge in [-0.3, -0.25) is 4.79 Å². The minimum Gasteiger partial charge on any atom is -0.328 e. The van der Waals surface area contributed by atoms with E-state index in [1.165, 1.54) is 23.9 Å². The lowest BCUT2D eigenvalue weighted by molar-refractivity contribution is -0.116. The fraction of sp³-hybridized carbons (Fsp3) is 0.312. The summed E-state index contributed by atoms with van der Waals surface area (Å²) in [6.45, 7) is 0. The van der Waals surface area contributed by atoms with Gasteiger partial charge < -0.3 is 5.32 Å². The molecule has 5 nitrogen and oxygen atoms in total. The lowest BCUT2D eigenvalue weighted by Gasteiger charge is -2.32. The minimum absolute atomic E-state index is 0.0971. The van der Waals surface area contributed by atoms with E-state index in [1.807, 2.05) is 12.3 Å². The number of fused-ring (bicyclic) bond motifs is 1. The first-order valence-corrected chi connectivity index (χ1v) is 8.69. The second kappa shape index (κ2) is 5.49. The molecule has 0 spiro atoms. The maximum atomic E-state index is 13.7. The molecule has 0 amide bonds. The number of anilines is 1. The molecule has 7 heteroatoms. The first-order valence-electron chi connectivity index (χ1n) is 7.46. The van der Waals surface area contributed by atoms with Crippen LogP contribution in [0.3, 0.4) is 0 Å². The number of thioether (sulfide) groups is 1. The van der Waals surface area contributed by atoms with Crippen LogP contribution < -0.4 is 5.32 Å². The summed E-state index contributed by atoms with van der Waals surface area (Å²) in [4.78, 5) is 17.0. The third-order valence-electron chi connectivity index (χ3n) is 4.20. The number of ketones is 1. The normalized spacial score (nSPS) is 20.1. The van der Waals surface area contributed by atoms with E-state index >= 15 is 0 Å². The number of carbonyl (C=O) groups is 1. The van der Waals surface area contributed by atoms with Crippen molar-refractivity contribution in [1.29, 1.82) is 0 Å². The third-order valence-corrected chi connectivity index (χ3v) is 4.73. The number of hydrogen-bond acceptors (Lipinski definition) is 5. The van der Waals surface area contributed by atoms with E-state index in [4.69, 9.17) is 0 Å². The molecule has 1 atom stereocenters. The number of Topliss-reactive ketones (excluding diaryl/α,β-unsaturated/α-hetero) is 1. The maximum absolute atomic E-state index is 13.7. The van der Waals surface area contributed by atoms with Gasteiger partial charge in [-0.2, -0.15) is 4.98 Å². The van der Waals surface area contributed by atoms with Gasteiger partial charge in [0.2, 0.25) is 11.1 Å². The van der Waals surface area contributed by atoms with Gasteiger partial charge in [-0.15, -0.1) is 5.10 Å². The Bertz CT molecular complexity index is 829. The van der Waals surface area contributed by atoms with Crippen LogP contribution in [0, 0.1) is 5.82 Å². The highest BCUT2D eigenvalue weighted by molar-refractivity contribution is 7.98. The molecule has 1 aromatic carbocycles. The number of nitrogens with zero attached hydrogens (tertiary/aromatic N) is 3. The monoisotopic (exact) mass is 330 g/mol. The molecule has 2 aliphatic rings. The molecule has 1 aliphatic heterocycles. The van der Waals surface area contributed by atoms with Gasteiger partial charge in [0.25, 0.3) is 0 Å². The molecular weight excluding hydrogens is 315 g/mol. The summed E-state index contributed by atoms with van der Waals surface area (Å²) in [6.07, 6.45) is 4.04. The summed E-state index contributed by atoms with van der Waals surface area (Å²) < 4.78 is 15.4. The SMILES string of the molecule is CSc1nc2n(n1)[C@H](c1cccc(F)c1)C1=C(CCCC1=O)N2. The van der Waals surface area contributed by atoms with Crippen molar-refractivity contribution in [2.24, 2.45) is 0 Å². The standard InChI is InChI=1S/C16H15FN4OS/c1-23-16-19-15-18-11-6-3-7-12(22)13(11)14(21(15)20-16)9-4-2-5-10(17)8-9/h2,4-5,8,14H,3,6-7H2,1H3,(H,18,19,20)/t14-/m1/s1. The van der Waals surface area contributed by atoms with E-state index in [2.05, 4.69) is 15.4 Å². The van der Waals surface area contributed by atoms with Crippen LogP contribution in [-0.4, -0.2) is 26.8 Å². The van der Waals surface area contributed by atoms with Gasteiger partial charge in [-0.05, 0) is 36.8 Å². The zero-order valence-corrected chi connectivity index (χ0v) is 13.4. The van der Waals surface area contributed by atoms with E-state index in [0.717, 1.165) is 18.5 Å². The fourth-order valence-corrected chi connectivity index (χ4v) is 3.56. The van der Waals surface area contributed by atoms with Crippen molar-refractivity contribution in [3.05, 3.63) is 46.9 Å². The number of benzene rings is 1. The van der Waals surface area contributed by atoms with Crippen LogP contribution in [0.1, 0.15) is 30.9 Å². The Hall–Kier alpha value is -2.15. The summed E-state index contributed by atoms with van der Waals surface area (Å²) in [6, 6.07) is 5.94. The highest BCUT2D eigenvalue weighted by Gasteiger charge is 2.36. The van der Waals surface area contributed by atoms with Crippen molar-refractivity contribution in [3.8, 4) is 0 Å². The smallest absolute Gasteiger partial charge is 0.227 e. The van der Waals surface area contributed by atoms with Gasteiger partial charge in [0.1, 0.15) is 11.9 Å². The molecule has 1 aromatic heterocycles. The molecular formula is C16H15FN4OS. The Morgan fingerprint density at radius 2 is 2.26 bits per heavy atom. The molecule has 0 saturated carbocycles. The third kappa shape index (κ3) is 2.35. The van der Waals surface area contributed by atoms with Gasteiger partial charge in [0.05, 0.1) is 0 Å². The highest BCUT2D eigenvalue weighted by atomic mass is 32.2. The molecule has 0 bridgehead atoms. The summed E-state index contributed by atoms with van der Waals surface area (Å²) in [7, 11) is 0. The van der Waals surface area contributed by atoms with Crippen LogP contribution >= 0.6 is 11.8 Å². The van der Waals surface area contributed by atoms with Crippen LogP contribution in [0.2, 0.25) is 0 Å². The number of hydrogen-bond donors (Lipinski definition) is 1. The molecule has 0 radical (unpaired) electrons. The van der Waals surface area contributed by atoms with Crippen molar-refractivity contribution >= 4 is 23.5 Å². The molecule has 0 fully saturated rings. The topological polar surface area (TPSA) is 59.8 Å². The quantitative estimate of drug-likeness (QED) is 0.857. The second-order valence-electron chi connectivity index (χ2n) is 5.62. The van der Waals surface area contributed by atoms with E-state index in [-0.39, 0.29) is 11.6 Å². The van der Waals surface area contributed by atoms with E-state index in [9.17, 15) is 9.18 Å². The Labute approximate surface area is 137 Å². The van der Waals surface area contributed by atoms with E-state index < -0.39 is 6.04 Å². The van der Waals surface area contributed by atoms with Gasteiger partial charge in [0, 0.05) is 17.7 Å². The number of rotatable bonds is 2. The van der Waals surface area contributed by atoms with Gasteiger partial charge >= 0.3 is 0 Å². The Morgan fingerprint density at radius 3 is 3.04 bits per heavy atom. The summed E-state index contributed by atoms with van der Waals surface area (Å²) in [5, 5.41) is 8.34. The van der Waals surface area contributed by atoms with Crippen molar-refractivity contribution in [2.75, 3.05) is 11.6 Å². The zero-order chi connectivity index (χ0) is 16.0. The molecule has 2 aromatic rings. The van der Waals surface area contributed by atoms with Crippen LogP contribution in [0.5, 0.6) is 0 Å². The average Bonchev–Trinajstić information content (AvgIpc) is 2.96. The second-order valence-corrected chi connectivity index (χ2v) is 6.39. The number of nitrogens with one attached hydrogen (secondary N) is 1. The molecule has 23 heavy (non-hydrogen) atoms. The first-order chi connectivity index (χ1) is 11.2. The lowest BCUT2D eigenvalue weighted by atomic mass is 9.85. The van der Waals surface area contributed by atoms with Crippen LogP contribution in [0.15, 0.2) is 40.7 Å². The largest absolute Gasteiger partial charge is 0.328 e. The van der Waals surface area contributed by atoms with Gasteiger partial charge in [-0.25, -0.2) is 9.07 Å². The number of aromatic nitrogens is 3. The highest BCUT2D eigenvalue weighted by Crippen LogP contribution is 2.40. The van der Waals surface area contributed by atoms with Crippen molar-refractivity contribution < 1.29 is 9.18 Å². The number of halogens is 1. The van der Waals surface area contributed by atoms with Crippen molar-refractivity contribution in [3.63, 3.8) is 0 Å². The molecule has 1 N–H and O–H groups in total. The minimum atomic E-state index is -0.418. The predicted molar refractivity (Wildman–Crippen MR) is 85.8 cm³/mol. The average molecular weight is 330 g/mol. The van der Waals surface area contributed by atoms with Gasteiger partial charge in [0.15, 0.2) is 5.78 Å². The molecule has 1 aliphatic carbocycles. The first kappa shape index (κ1) is 14.4. The zero-order valence-electron chi connectivity index (χ0n) is 12.5. The Kier molecular flexibility index (Phi) is 3.45. The number of carbonyl (C=O) groups excluding carboxylic acids is 1. The van der Waals surface area contributed by atoms with E-state index in [1.54, 1.807) is 10.7 Å². The van der Waals surface area contributed by atoms with Crippen molar-refractivity contribution in [1.82, 2.24) is 14.8 Å².